The molecule has 1 aliphatic heterocycles. The summed E-state index contributed by atoms with van der Waals surface area (Å²) in [5.41, 5.74) is 7.74. The number of amides is 1. The summed E-state index contributed by atoms with van der Waals surface area (Å²) in [5.74, 6) is -0.534. The van der Waals surface area contributed by atoms with Gasteiger partial charge >= 0.3 is 12.1 Å². The van der Waals surface area contributed by atoms with E-state index >= 15 is 0 Å². The van der Waals surface area contributed by atoms with E-state index in [9.17, 15) is 9.59 Å². The number of carbonyl (C=O) groups excluding carboxylic acids is 2. The van der Waals surface area contributed by atoms with Gasteiger partial charge in [-0.05, 0) is 58.1 Å². The van der Waals surface area contributed by atoms with Crippen molar-refractivity contribution in [2.75, 3.05) is 6.54 Å². The summed E-state index contributed by atoms with van der Waals surface area (Å²) >= 11 is 0. The molecule has 0 aliphatic carbocycles. The van der Waals surface area contributed by atoms with E-state index in [1.165, 1.54) is 4.90 Å². The van der Waals surface area contributed by atoms with Crippen molar-refractivity contribution >= 4 is 12.1 Å². The molecule has 0 spiro atoms. The van der Waals surface area contributed by atoms with E-state index < -0.39 is 29.2 Å². The molecule has 1 aliphatic rings. The molecular weight excluding hydrogens is 384 g/mol. The maximum atomic E-state index is 13.4. The van der Waals surface area contributed by atoms with Gasteiger partial charge in [0.1, 0.15) is 17.7 Å². The Morgan fingerprint density at radius 2 is 2.03 bits per heavy atom. The molecule has 30 heavy (non-hydrogen) atoms. The van der Waals surface area contributed by atoms with Crippen molar-refractivity contribution in [2.45, 2.75) is 70.7 Å². The number of allylic oxidation sites excluding steroid dienone is 1. The monoisotopic (exact) mass is 414 g/mol. The minimum atomic E-state index is -1.30. The van der Waals surface area contributed by atoms with E-state index in [0.717, 1.165) is 5.56 Å². The number of esters is 1. The van der Waals surface area contributed by atoms with E-state index in [1.54, 1.807) is 20.8 Å². The third-order valence-electron chi connectivity index (χ3n) is 4.89. The number of hydrogen-bond acceptors (Lipinski definition) is 5. The molecule has 8 heteroatoms. The van der Waals surface area contributed by atoms with Crippen molar-refractivity contribution in [1.82, 2.24) is 4.90 Å². The average molecular weight is 415 g/mol. The Bertz CT molecular complexity index is 812. The molecule has 1 aromatic rings. The largest absolute Gasteiger partial charge is 0.459 e. The first-order chi connectivity index (χ1) is 14.2. The van der Waals surface area contributed by atoms with Crippen LogP contribution in [0.25, 0.3) is 10.4 Å². The zero-order chi connectivity index (χ0) is 22.2. The first-order valence-corrected chi connectivity index (χ1v) is 10.1. The summed E-state index contributed by atoms with van der Waals surface area (Å²) in [6, 6.07) is 8.92. The highest BCUT2D eigenvalue weighted by Gasteiger charge is 2.52. The molecule has 2 rings (SSSR count). The number of azide groups is 1. The molecule has 0 bridgehead atoms. The Morgan fingerprint density at radius 1 is 1.33 bits per heavy atom. The van der Waals surface area contributed by atoms with Crippen LogP contribution in [0.15, 0.2) is 47.6 Å². The van der Waals surface area contributed by atoms with Crippen molar-refractivity contribution in [2.24, 2.45) is 5.11 Å². The average Bonchev–Trinajstić information content (AvgIpc) is 2.70. The lowest BCUT2D eigenvalue weighted by Gasteiger charge is -2.46. The highest BCUT2D eigenvalue weighted by molar-refractivity contribution is 5.86. The van der Waals surface area contributed by atoms with Gasteiger partial charge in [-0.2, -0.15) is 0 Å². The SMILES string of the molecule is C/C=C/CC1(C(=O)OCc2ccccc2)CC(N=[N+]=[N-])CCN1C(=O)OC(C)(C)C. The van der Waals surface area contributed by atoms with E-state index in [-0.39, 0.29) is 26.0 Å². The van der Waals surface area contributed by atoms with Crippen LogP contribution >= 0.6 is 0 Å². The zero-order valence-electron chi connectivity index (χ0n) is 18.1. The van der Waals surface area contributed by atoms with E-state index in [2.05, 4.69) is 10.0 Å². The molecule has 0 aromatic heterocycles. The van der Waals surface area contributed by atoms with Crippen molar-refractivity contribution in [3.05, 3.63) is 58.5 Å². The van der Waals surface area contributed by atoms with Gasteiger partial charge < -0.3 is 9.47 Å². The summed E-state index contributed by atoms with van der Waals surface area (Å²) < 4.78 is 11.2. The van der Waals surface area contributed by atoms with Crippen LogP contribution in [-0.4, -0.2) is 40.7 Å². The predicted molar refractivity (Wildman–Crippen MR) is 114 cm³/mol. The summed E-state index contributed by atoms with van der Waals surface area (Å²) in [6.07, 6.45) is 3.92. The molecule has 0 N–H and O–H groups in total. The molecular formula is C22H30N4O4. The number of nitrogens with zero attached hydrogens (tertiary/aromatic N) is 4. The molecule has 2 atom stereocenters. The van der Waals surface area contributed by atoms with Crippen LogP contribution in [0.2, 0.25) is 0 Å². The van der Waals surface area contributed by atoms with Gasteiger partial charge in [0.05, 0.1) is 0 Å². The Hall–Kier alpha value is -2.99. The molecule has 8 nitrogen and oxygen atoms in total. The quantitative estimate of drug-likeness (QED) is 0.211. The third-order valence-corrected chi connectivity index (χ3v) is 4.89. The Balaban J connectivity index is 2.37. The van der Waals surface area contributed by atoms with Gasteiger partial charge in [-0.1, -0.05) is 47.6 Å². The topological polar surface area (TPSA) is 105 Å². The van der Waals surface area contributed by atoms with Gasteiger partial charge in [0, 0.05) is 17.5 Å². The second kappa shape index (κ2) is 10.2. The van der Waals surface area contributed by atoms with Crippen LogP contribution in [-0.2, 0) is 20.9 Å². The zero-order valence-corrected chi connectivity index (χ0v) is 18.1. The highest BCUT2D eigenvalue weighted by Crippen LogP contribution is 2.36. The fraction of sp³-hybridized carbons (Fsp3) is 0.545. The number of carbonyl (C=O) groups is 2. The molecule has 0 radical (unpaired) electrons. The van der Waals surface area contributed by atoms with Gasteiger partial charge in [0.2, 0.25) is 0 Å². The lowest BCUT2D eigenvalue weighted by atomic mass is 9.81. The summed E-state index contributed by atoms with van der Waals surface area (Å²) in [6.45, 7) is 7.49. The van der Waals surface area contributed by atoms with Gasteiger partial charge in [-0.3, -0.25) is 4.90 Å². The van der Waals surface area contributed by atoms with Crippen LogP contribution in [0.5, 0.6) is 0 Å². The van der Waals surface area contributed by atoms with Crippen molar-refractivity contribution in [1.29, 1.82) is 0 Å². The van der Waals surface area contributed by atoms with Crippen molar-refractivity contribution in [3.63, 3.8) is 0 Å². The minimum absolute atomic E-state index is 0.0889. The molecule has 162 valence electrons. The Morgan fingerprint density at radius 3 is 2.63 bits per heavy atom. The number of benzene rings is 1. The van der Waals surface area contributed by atoms with Gasteiger partial charge in [-0.25, -0.2) is 9.59 Å². The van der Waals surface area contributed by atoms with Crippen LogP contribution in [0, 0.1) is 0 Å². The van der Waals surface area contributed by atoms with Crippen LogP contribution in [0.1, 0.15) is 52.5 Å². The Labute approximate surface area is 177 Å². The molecule has 1 saturated heterocycles. The van der Waals surface area contributed by atoms with E-state index in [4.69, 9.17) is 15.0 Å². The smallest absolute Gasteiger partial charge is 0.411 e. The van der Waals surface area contributed by atoms with Crippen molar-refractivity contribution < 1.29 is 19.1 Å². The summed E-state index contributed by atoms with van der Waals surface area (Å²) in [5, 5.41) is 3.83. The lowest BCUT2D eigenvalue weighted by Crippen LogP contribution is -2.62. The summed E-state index contributed by atoms with van der Waals surface area (Å²) in [4.78, 5) is 30.7. The lowest BCUT2D eigenvalue weighted by molar-refractivity contribution is -0.162. The van der Waals surface area contributed by atoms with Gasteiger partial charge in [0.25, 0.3) is 0 Å². The van der Waals surface area contributed by atoms with Gasteiger partial charge in [-0.15, -0.1) is 0 Å². The predicted octanol–water partition coefficient (Wildman–Crippen LogP) is 5.14. The fourth-order valence-corrected chi connectivity index (χ4v) is 3.49. The normalized spacial score (nSPS) is 21.7. The van der Waals surface area contributed by atoms with Crippen LogP contribution in [0.4, 0.5) is 4.79 Å². The molecule has 1 fully saturated rings. The summed E-state index contributed by atoms with van der Waals surface area (Å²) in [7, 11) is 0. The molecule has 1 amide bonds. The van der Waals surface area contributed by atoms with E-state index in [0.29, 0.717) is 6.42 Å². The first kappa shape index (κ1) is 23.3. The van der Waals surface area contributed by atoms with Crippen LogP contribution < -0.4 is 0 Å². The number of ether oxygens (including phenoxy) is 2. The second-order valence-electron chi connectivity index (χ2n) is 8.35. The van der Waals surface area contributed by atoms with Crippen molar-refractivity contribution in [3.8, 4) is 0 Å². The molecule has 1 heterocycles. The van der Waals surface area contributed by atoms with Gasteiger partial charge in [0.15, 0.2) is 0 Å². The number of likely N-dealkylation sites (tertiary alicyclic amines) is 1. The number of rotatable bonds is 6. The van der Waals surface area contributed by atoms with Crippen LogP contribution in [0.3, 0.4) is 0 Å². The standard InChI is InChI=1S/C22H30N4O4/c1-5-6-13-22(19(27)29-16-17-10-8-7-9-11-17)15-18(24-25-23)12-14-26(22)20(28)30-21(2,3)4/h5-11,18H,12-16H2,1-4H3/b6-5+. The van der Waals surface area contributed by atoms with E-state index in [1.807, 2.05) is 49.4 Å². The maximum absolute atomic E-state index is 13.4. The molecule has 1 aromatic carbocycles. The molecule has 2 unspecified atom stereocenters. The Kier molecular flexibility index (Phi) is 7.89. The molecule has 0 saturated carbocycles. The third kappa shape index (κ3) is 6.00. The first-order valence-electron chi connectivity index (χ1n) is 10.1. The number of hydrogen-bond donors (Lipinski definition) is 0. The fourth-order valence-electron chi connectivity index (χ4n) is 3.49. The minimum Gasteiger partial charge on any atom is -0.459 e. The second-order valence-corrected chi connectivity index (χ2v) is 8.35. The number of piperidine rings is 1. The maximum Gasteiger partial charge on any atom is 0.411 e. The highest BCUT2D eigenvalue weighted by atomic mass is 16.6.